The number of guanidine groups is 1. The van der Waals surface area contributed by atoms with Crippen LogP contribution in [-0.2, 0) is 11.2 Å². The number of benzene rings is 1. The van der Waals surface area contributed by atoms with Crippen LogP contribution in [0.3, 0.4) is 0 Å². The van der Waals surface area contributed by atoms with Crippen molar-refractivity contribution in [1.82, 2.24) is 20.4 Å². The van der Waals surface area contributed by atoms with Gasteiger partial charge in [0.15, 0.2) is 5.96 Å². The summed E-state index contributed by atoms with van der Waals surface area (Å²) in [5.74, 6) is 2.11. The summed E-state index contributed by atoms with van der Waals surface area (Å²) >= 11 is 5.92. The number of aliphatic imine (C=N–C) groups is 1. The van der Waals surface area contributed by atoms with Gasteiger partial charge in [0, 0.05) is 55.7 Å². The molecule has 2 aromatic rings. The van der Waals surface area contributed by atoms with Gasteiger partial charge >= 0.3 is 0 Å². The minimum absolute atomic E-state index is 0.317. The summed E-state index contributed by atoms with van der Waals surface area (Å²) in [6.07, 6.45) is 2.96. The van der Waals surface area contributed by atoms with Crippen molar-refractivity contribution >= 4 is 17.6 Å². The lowest BCUT2D eigenvalue weighted by molar-refractivity contribution is 0.156. The Hall–Kier alpha value is -2.12. The van der Waals surface area contributed by atoms with Gasteiger partial charge in [-0.05, 0) is 37.1 Å². The van der Waals surface area contributed by atoms with E-state index in [1.54, 1.807) is 0 Å². The van der Waals surface area contributed by atoms with Crippen LogP contribution in [-0.4, -0.2) is 60.9 Å². The van der Waals surface area contributed by atoms with Crippen molar-refractivity contribution in [3.05, 3.63) is 35.2 Å². The van der Waals surface area contributed by atoms with Crippen molar-refractivity contribution in [3.63, 3.8) is 0 Å². The molecule has 144 valence electrons. The van der Waals surface area contributed by atoms with Crippen molar-refractivity contribution in [2.75, 3.05) is 39.9 Å². The predicted molar refractivity (Wildman–Crippen MR) is 104 cm³/mol. The van der Waals surface area contributed by atoms with Crippen LogP contribution in [0.5, 0.6) is 0 Å². The molecule has 2 aliphatic heterocycles. The summed E-state index contributed by atoms with van der Waals surface area (Å²) in [6.45, 7) is 4.47. The minimum atomic E-state index is 0.317. The average molecular weight is 390 g/mol. The van der Waals surface area contributed by atoms with Crippen LogP contribution in [0.15, 0.2) is 33.8 Å². The van der Waals surface area contributed by atoms with E-state index in [0.29, 0.717) is 35.1 Å². The van der Waals surface area contributed by atoms with Gasteiger partial charge in [-0.1, -0.05) is 16.8 Å². The zero-order valence-corrected chi connectivity index (χ0v) is 16.2. The van der Waals surface area contributed by atoms with Crippen LogP contribution in [0.25, 0.3) is 11.4 Å². The highest BCUT2D eigenvalue weighted by molar-refractivity contribution is 6.30. The molecule has 4 rings (SSSR count). The molecular formula is C19H24ClN5O2. The van der Waals surface area contributed by atoms with Crippen molar-refractivity contribution in [1.29, 1.82) is 0 Å². The first-order chi connectivity index (χ1) is 13.2. The molecule has 2 fully saturated rings. The molecule has 0 radical (unpaired) electrons. The largest absolute Gasteiger partial charge is 0.381 e. The Bertz CT molecular complexity index is 799. The van der Waals surface area contributed by atoms with Gasteiger partial charge < -0.3 is 19.5 Å². The Morgan fingerprint density at radius 2 is 2.19 bits per heavy atom. The molecule has 0 amide bonds. The van der Waals surface area contributed by atoms with Gasteiger partial charge in [-0.2, -0.15) is 4.98 Å². The summed E-state index contributed by atoms with van der Waals surface area (Å²) in [6, 6.07) is 7.40. The standard InChI is InChI=1S/C19H24ClN5O2/c1-21-18(25-10-7-19(12-25)8-11-26-13-19)22-9-6-16-23-17(24-27-16)14-2-4-15(20)5-3-14/h2-5H,6-13H2,1H3,(H,21,22). The molecule has 2 aliphatic rings. The third-order valence-corrected chi connectivity index (χ3v) is 5.58. The van der Waals surface area contributed by atoms with Crippen LogP contribution in [0.4, 0.5) is 0 Å². The minimum Gasteiger partial charge on any atom is -0.381 e. The molecule has 3 heterocycles. The lowest BCUT2D eigenvalue weighted by Crippen LogP contribution is -2.42. The fraction of sp³-hybridized carbons (Fsp3) is 0.526. The molecule has 1 spiro atoms. The first kappa shape index (κ1) is 18.3. The number of rotatable bonds is 4. The van der Waals surface area contributed by atoms with Crippen LogP contribution in [0.2, 0.25) is 5.02 Å². The Balaban J connectivity index is 1.29. The normalized spacial score (nSPS) is 22.7. The number of likely N-dealkylation sites (tertiary alicyclic amines) is 1. The molecule has 1 atom stereocenters. The van der Waals surface area contributed by atoms with Crippen molar-refractivity contribution < 1.29 is 9.26 Å². The molecule has 1 unspecified atom stereocenters. The van der Waals surface area contributed by atoms with E-state index < -0.39 is 0 Å². The Morgan fingerprint density at radius 3 is 2.93 bits per heavy atom. The Labute approximate surface area is 163 Å². The molecule has 1 N–H and O–H groups in total. The van der Waals surface area contributed by atoms with Gasteiger partial charge in [0.2, 0.25) is 11.7 Å². The molecule has 0 saturated carbocycles. The first-order valence-corrected chi connectivity index (χ1v) is 9.67. The summed E-state index contributed by atoms with van der Waals surface area (Å²) in [5.41, 5.74) is 1.21. The van der Waals surface area contributed by atoms with Gasteiger partial charge in [-0.15, -0.1) is 0 Å². The molecule has 0 bridgehead atoms. The van der Waals surface area contributed by atoms with E-state index in [-0.39, 0.29) is 0 Å². The van der Waals surface area contributed by atoms with E-state index in [2.05, 4.69) is 25.3 Å². The van der Waals surface area contributed by atoms with Gasteiger partial charge in [0.1, 0.15) is 0 Å². The molecule has 8 heteroatoms. The summed E-state index contributed by atoms with van der Waals surface area (Å²) < 4.78 is 11.0. The molecule has 27 heavy (non-hydrogen) atoms. The van der Waals surface area contributed by atoms with Crippen LogP contribution >= 0.6 is 11.6 Å². The van der Waals surface area contributed by atoms with Gasteiger partial charge in [-0.3, -0.25) is 4.99 Å². The second kappa shape index (κ2) is 7.86. The zero-order valence-electron chi connectivity index (χ0n) is 15.4. The molecule has 0 aliphatic carbocycles. The third kappa shape index (κ3) is 4.09. The SMILES string of the molecule is CN=C(NCCc1nc(-c2ccc(Cl)cc2)no1)N1CCC2(CCOC2)C1. The van der Waals surface area contributed by atoms with Gasteiger partial charge in [0.05, 0.1) is 6.61 Å². The van der Waals surface area contributed by atoms with E-state index >= 15 is 0 Å². The van der Waals surface area contributed by atoms with Gasteiger partial charge in [0.25, 0.3) is 0 Å². The Morgan fingerprint density at radius 1 is 1.33 bits per heavy atom. The predicted octanol–water partition coefficient (Wildman–Crippen LogP) is 2.62. The number of halogens is 1. The lowest BCUT2D eigenvalue weighted by Gasteiger charge is -2.24. The van der Waals surface area contributed by atoms with E-state index in [4.69, 9.17) is 20.9 Å². The second-order valence-electron chi connectivity index (χ2n) is 7.22. The highest BCUT2D eigenvalue weighted by Crippen LogP contribution is 2.38. The summed E-state index contributed by atoms with van der Waals surface area (Å²) in [7, 11) is 1.82. The molecule has 1 aromatic carbocycles. The van der Waals surface area contributed by atoms with Crippen molar-refractivity contribution in [3.8, 4) is 11.4 Å². The number of hydrogen-bond acceptors (Lipinski definition) is 5. The summed E-state index contributed by atoms with van der Waals surface area (Å²) in [5, 5.41) is 8.15. The monoisotopic (exact) mass is 389 g/mol. The zero-order chi connectivity index (χ0) is 18.7. The maximum atomic E-state index is 5.92. The van der Waals surface area contributed by atoms with E-state index in [1.165, 1.54) is 6.42 Å². The highest BCUT2D eigenvalue weighted by Gasteiger charge is 2.42. The number of ether oxygens (including phenoxy) is 1. The van der Waals surface area contributed by atoms with E-state index in [9.17, 15) is 0 Å². The van der Waals surface area contributed by atoms with Crippen molar-refractivity contribution in [2.45, 2.75) is 19.3 Å². The fourth-order valence-corrected chi connectivity index (χ4v) is 3.90. The van der Waals surface area contributed by atoms with E-state index in [0.717, 1.165) is 44.2 Å². The molecule has 2 saturated heterocycles. The molecular weight excluding hydrogens is 366 g/mol. The second-order valence-corrected chi connectivity index (χ2v) is 7.65. The first-order valence-electron chi connectivity index (χ1n) is 9.29. The fourth-order valence-electron chi connectivity index (χ4n) is 3.77. The summed E-state index contributed by atoms with van der Waals surface area (Å²) in [4.78, 5) is 11.2. The van der Waals surface area contributed by atoms with E-state index in [1.807, 2.05) is 31.3 Å². The van der Waals surface area contributed by atoms with Crippen LogP contribution < -0.4 is 5.32 Å². The van der Waals surface area contributed by atoms with Crippen molar-refractivity contribution in [2.24, 2.45) is 10.4 Å². The third-order valence-electron chi connectivity index (χ3n) is 5.33. The molecule has 1 aromatic heterocycles. The van der Waals surface area contributed by atoms with Crippen LogP contribution in [0, 0.1) is 5.41 Å². The lowest BCUT2D eigenvalue weighted by atomic mass is 9.87. The quantitative estimate of drug-likeness (QED) is 0.640. The van der Waals surface area contributed by atoms with Gasteiger partial charge in [-0.25, -0.2) is 0 Å². The number of nitrogens with zero attached hydrogens (tertiary/aromatic N) is 4. The average Bonchev–Trinajstić information content (AvgIpc) is 3.42. The topological polar surface area (TPSA) is 75.8 Å². The van der Waals surface area contributed by atoms with Crippen LogP contribution in [0.1, 0.15) is 18.7 Å². The number of hydrogen-bond donors (Lipinski definition) is 1. The maximum Gasteiger partial charge on any atom is 0.228 e. The number of aromatic nitrogens is 2. The maximum absolute atomic E-state index is 5.92. The molecule has 7 nitrogen and oxygen atoms in total. The Kier molecular flexibility index (Phi) is 5.31. The smallest absolute Gasteiger partial charge is 0.228 e. The number of nitrogens with one attached hydrogen (secondary N) is 1. The highest BCUT2D eigenvalue weighted by atomic mass is 35.5.